The number of benzene rings is 2. The van der Waals surface area contributed by atoms with Gasteiger partial charge in [-0.15, -0.1) is 13.2 Å². The van der Waals surface area contributed by atoms with Gasteiger partial charge in [0.15, 0.2) is 0 Å². The third kappa shape index (κ3) is 8.39. The Morgan fingerprint density at radius 3 is 2.57 bits per heavy atom. The van der Waals surface area contributed by atoms with Gasteiger partial charge in [-0.05, 0) is 55.3 Å². The number of allylic oxidation sites excluding steroid dienone is 5. The first-order valence-electron chi connectivity index (χ1n) is 13.0. The van der Waals surface area contributed by atoms with Gasteiger partial charge >= 0.3 is 117 Å². The summed E-state index contributed by atoms with van der Waals surface area (Å²) in [6.45, 7) is 8.60. The van der Waals surface area contributed by atoms with Gasteiger partial charge in [0, 0.05) is 6.54 Å². The zero-order chi connectivity index (χ0) is 25.9. The second kappa shape index (κ2) is 14.7. The molecule has 1 aliphatic carbocycles. The number of nitrogens with zero attached hydrogens (tertiary/aromatic N) is 2. The Morgan fingerprint density at radius 2 is 1.84 bits per heavy atom. The fourth-order valence-corrected chi connectivity index (χ4v) is 9.35. The Morgan fingerprint density at radius 1 is 1.05 bits per heavy atom. The van der Waals surface area contributed by atoms with Crippen LogP contribution in [0.5, 0.6) is 5.75 Å². The van der Waals surface area contributed by atoms with Gasteiger partial charge in [0.05, 0.1) is 0 Å². The van der Waals surface area contributed by atoms with Gasteiger partial charge in [0.1, 0.15) is 0 Å². The van der Waals surface area contributed by atoms with E-state index < -0.39 is 22.7 Å². The molecule has 3 nitrogen and oxygen atoms in total. The molecule has 1 fully saturated rings. The van der Waals surface area contributed by atoms with Crippen LogP contribution in [0, 0.1) is 11.8 Å². The van der Waals surface area contributed by atoms with Gasteiger partial charge in [-0.1, -0.05) is 42.5 Å². The number of ether oxygens (including phenoxy) is 1. The van der Waals surface area contributed by atoms with E-state index in [-0.39, 0.29) is 0 Å². The zero-order valence-corrected chi connectivity index (χ0v) is 26.5. The van der Waals surface area contributed by atoms with E-state index in [1.54, 1.807) is 0 Å². The Balaban J connectivity index is 0.00000156. The molecule has 5 heteroatoms. The normalized spacial score (nSPS) is 18.2. The molecule has 2 heterocycles. The fraction of sp³-hybridized carbons (Fsp3) is 0.312. The summed E-state index contributed by atoms with van der Waals surface area (Å²) < 4.78 is 10.4. The van der Waals surface area contributed by atoms with E-state index in [2.05, 4.69) is 112 Å². The molecule has 0 bridgehead atoms. The Hall–Kier alpha value is -2.21. The molecule has 5 rings (SSSR count). The standard InChI is InChI=1S/C29H29N2OS.C2H4.CH3.Pb/c33-31-22-27(31)8-5-19-32-28-16-14-26(15-17-28)29-9-4-18-30(29)21-25-12-10-24(11-13-25)20-23-6-2-1-3-7-23;1-2;;/h2,6-7,10-17,22,29H,1,3-4,9,18-21H2;1-2H2;1H3;/q-1;;;+1. The summed E-state index contributed by atoms with van der Waals surface area (Å²) in [7, 11) is 1.96. The first-order chi connectivity index (χ1) is 18.3. The molecule has 0 N–H and O–H groups in total. The van der Waals surface area contributed by atoms with Crippen molar-refractivity contribution >= 4 is 31.2 Å². The van der Waals surface area contributed by atoms with Crippen molar-refractivity contribution in [1.82, 2.24) is 9.21 Å². The number of hydrogen-bond donors (Lipinski definition) is 0. The summed E-state index contributed by atoms with van der Waals surface area (Å²) in [5, 5.41) is 0. The topological polar surface area (TPSA) is 15.5 Å². The predicted molar refractivity (Wildman–Crippen MR) is 159 cm³/mol. The summed E-state index contributed by atoms with van der Waals surface area (Å²) in [5.41, 5.74) is 6.77. The average molecular weight is 704 g/mol. The molecule has 2 radical (unpaired) electrons. The number of hydrogen-bond acceptors (Lipinski definition) is 4. The molecule has 3 aliphatic rings. The summed E-state index contributed by atoms with van der Waals surface area (Å²) in [5.74, 6) is 7.20. The van der Waals surface area contributed by atoms with Crippen LogP contribution in [0.4, 0.5) is 0 Å². The van der Waals surface area contributed by atoms with E-state index in [0.29, 0.717) is 12.6 Å². The molecular formula is C32H36N2OPbS. The van der Waals surface area contributed by atoms with E-state index in [1.165, 1.54) is 47.9 Å². The minimum absolute atomic E-state index is 0.433. The summed E-state index contributed by atoms with van der Waals surface area (Å²) in [6.07, 6.45) is 14.9. The maximum atomic E-state index is 5.85. The van der Waals surface area contributed by atoms with Gasteiger partial charge in [-0.2, -0.15) is 0 Å². The van der Waals surface area contributed by atoms with Crippen LogP contribution >= 0.6 is 8.50 Å². The maximum absolute atomic E-state index is 5.85. The van der Waals surface area contributed by atoms with Gasteiger partial charge in [-0.25, -0.2) is 0 Å². The van der Waals surface area contributed by atoms with E-state index in [4.69, 9.17) is 4.74 Å². The molecule has 0 aromatic heterocycles. The Labute approximate surface area is 237 Å². The predicted octanol–water partition coefficient (Wildman–Crippen LogP) is 7.50. The molecule has 2 aromatic carbocycles. The van der Waals surface area contributed by atoms with Crippen molar-refractivity contribution in [3.63, 3.8) is 0 Å². The van der Waals surface area contributed by atoms with Crippen molar-refractivity contribution in [2.45, 2.75) is 49.2 Å². The van der Waals surface area contributed by atoms with Gasteiger partial charge in [-0.3, -0.25) is 4.90 Å². The summed E-state index contributed by atoms with van der Waals surface area (Å²) in [4.78, 5) is 2.62. The fourth-order valence-electron chi connectivity index (χ4n) is 4.80. The van der Waals surface area contributed by atoms with Crippen LogP contribution in [0.2, 0.25) is 4.48 Å². The molecule has 37 heavy (non-hydrogen) atoms. The van der Waals surface area contributed by atoms with Crippen molar-refractivity contribution in [2.24, 2.45) is 0 Å². The van der Waals surface area contributed by atoms with Crippen molar-refractivity contribution in [3.05, 3.63) is 114 Å². The molecule has 0 amide bonds. The number of likely N-dealkylation sites (tertiary alicyclic amines) is 1. The van der Waals surface area contributed by atoms with Gasteiger partial charge in [0.2, 0.25) is 0 Å². The van der Waals surface area contributed by atoms with Gasteiger partial charge in [0.25, 0.3) is 0 Å². The molecule has 0 spiro atoms. The van der Waals surface area contributed by atoms with E-state index in [0.717, 1.165) is 31.0 Å². The molecular weight excluding hydrogens is 668 g/mol. The van der Waals surface area contributed by atoms with Crippen LogP contribution in [0.1, 0.15) is 48.4 Å². The molecule has 1 unspecified atom stereocenters. The molecule has 2 aliphatic heterocycles. The van der Waals surface area contributed by atoms with Crippen LogP contribution in [-0.2, 0) is 13.0 Å². The van der Waals surface area contributed by atoms with Crippen molar-refractivity contribution in [2.75, 3.05) is 13.2 Å². The van der Waals surface area contributed by atoms with Gasteiger partial charge < -0.3 is 0 Å². The van der Waals surface area contributed by atoms with Crippen LogP contribution in [0.3, 0.4) is 0 Å². The molecule has 2 aromatic rings. The first kappa shape index (κ1) is 27.8. The average Bonchev–Trinajstić information content (AvgIpc) is 3.52. The second-order valence-electron chi connectivity index (χ2n) is 9.18. The monoisotopic (exact) mass is 704 g/mol. The second-order valence-corrected chi connectivity index (χ2v) is 17.1. The minimum atomic E-state index is -0.463. The zero-order valence-electron chi connectivity index (χ0n) is 21.8. The summed E-state index contributed by atoms with van der Waals surface area (Å²) in [6, 6.07) is 18.4. The van der Waals surface area contributed by atoms with Crippen molar-refractivity contribution in [1.29, 1.82) is 0 Å². The van der Waals surface area contributed by atoms with Crippen LogP contribution in [-0.4, -0.2) is 45.1 Å². The molecule has 0 saturated carbocycles. The van der Waals surface area contributed by atoms with E-state index in [1.807, 2.05) is 8.50 Å². The van der Waals surface area contributed by atoms with Crippen molar-refractivity contribution in [3.8, 4) is 17.6 Å². The first-order valence-corrected chi connectivity index (χ1v) is 22.4. The van der Waals surface area contributed by atoms with Crippen LogP contribution in [0.25, 0.3) is 0 Å². The summed E-state index contributed by atoms with van der Waals surface area (Å²) >= 11 is -0.463. The SMILES string of the molecule is C=C.[CH3][Pb][S]N1C=C1C#CCOc1ccc(C2CCCN2Cc2ccc(CC3=CCCC=C3)cc2)cc1. The Bertz CT molecular complexity index is 1170. The Kier molecular flexibility index (Phi) is 11.0. The van der Waals surface area contributed by atoms with Crippen LogP contribution in [0.15, 0.2) is 97.4 Å². The quantitative estimate of drug-likeness (QED) is 0.116. The molecule has 190 valence electrons. The van der Waals surface area contributed by atoms with E-state index >= 15 is 0 Å². The molecule has 1 saturated heterocycles. The third-order valence-electron chi connectivity index (χ3n) is 6.64. The number of rotatable bonds is 9. The van der Waals surface area contributed by atoms with Crippen molar-refractivity contribution < 1.29 is 4.74 Å². The molecule has 1 atom stereocenters. The van der Waals surface area contributed by atoms with E-state index in [9.17, 15) is 0 Å². The van der Waals surface area contributed by atoms with Crippen LogP contribution < -0.4 is 4.74 Å². The third-order valence-corrected chi connectivity index (χ3v) is 11.7.